The van der Waals surface area contributed by atoms with Crippen LogP contribution >= 0.6 is 11.3 Å². The molecule has 30 heavy (non-hydrogen) atoms. The molecule has 2 heterocycles. The van der Waals surface area contributed by atoms with Crippen molar-refractivity contribution in [1.29, 1.82) is 5.26 Å². The second kappa shape index (κ2) is 8.35. The van der Waals surface area contributed by atoms with Crippen molar-refractivity contribution in [2.24, 2.45) is 0 Å². The van der Waals surface area contributed by atoms with Crippen LogP contribution in [-0.4, -0.2) is 33.1 Å². The molecule has 152 valence electrons. The first kappa shape index (κ1) is 19.6. The maximum Gasteiger partial charge on any atom is 0.231 e. The molecule has 7 nitrogen and oxygen atoms in total. The van der Waals surface area contributed by atoms with Gasteiger partial charge in [0.1, 0.15) is 11.1 Å². The molecule has 0 saturated heterocycles. The second-order valence-electron chi connectivity index (χ2n) is 6.23. The van der Waals surface area contributed by atoms with Gasteiger partial charge in [0.05, 0.1) is 32.6 Å². The Bertz CT molecular complexity index is 1140. The van der Waals surface area contributed by atoms with Gasteiger partial charge in [0, 0.05) is 10.9 Å². The molecule has 0 amide bonds. The summed E-state index contributed by atoms with van der Waals surface area (Å²) < 4.78 is 26.9. The van der Waals surface area contributed by atoms with Crippen LogP contribution in [0.4, 0.5) is 0 Å². The van der Waals surface area contributed by atoms with Crippen LogP contribution in [-0.2, 0) is 0 Å². The lowest BCUT2D eigenvalue weighted by Gasteiger charge is -2.13. The first-order valence-corrected chi connectivity index (χ1v) is 9.82. The summed E-state index contributed by atoms with van der Waals surface area (Å²) >= 11 is 1.40. The highest BCUT2D eigenvalue weighted by molar-refractivity contribution is 7.11. The molecule has 1 aliphatic rings. The van der Waals surface area contributed by atoms with E-state index in [1.165, 1.54) is 11.3 Å². The Hall–Kier alpha value is -3.70. The standard InChI is InChI=1S/C22H18N2O5S/c1-25-19-7-13(8-20(26-2)21(19)27-3)6-15(10-23)22-24-16(11-30-22)14-4-5-17-18(9-14)29-12-28-17/h4-9,11H,12H2,1-3H3/b15-6+. The lowest BCUT2D eigenvalue weighted by molar-refractivity contribution is 0.174. The van der Waals surface area contributed by atoms with Crippen LogP contribution in [0, 0.1) is 11.3 Å². The third-order valence-corrected chi connectivity index (χ3v) is 5.40. The van der Waals surface area contributed by atoms with Crippen molar-refractivity contribution in [3.05, 3.63) is 46.3 Å². The van der Waals surface area contributed by atoms with Crippen LogP contribution in [0.25, 0.3) is 22.9 Å². The third-order valence-electron chi connectivity index (χ3n) is 4.52. The molecule has 0 unspecified atom stereocenters. The number of allylic oxidation sites excluding steroid dienone is 1. The summed E-state index contributed by atoms with van der Waals surface area (Å²) in [5, 5.41) is 12.2. The van der Waals surface area contributed by atoms with Gasteiger partial charge in [0.15, 0.2) is 23.0 Å². The largest absolute Gasteiger partial charge is 0.493 e. The zero-order chi connectivity index (χ0) is 21.1. The van der Waals surface area contributed by atoms with Gasteiger partial charge in [0.2, 0.25) is 12.5 Å². The van der Waals surface area contributed by atoms with Crippen molar-refractivity contribution >= 4 is 23.0 Å². The number of hydrogen-bond donors (Lipinski definition) is 0. The van der Waals surface area contributed by atoms with E-state index in [4.69, 9.17) is 23.7 Å². The van der Waals surface area contributed by atoms with E-state index in [0.29, 0.717) is 39.3 Å². The quantitative estimate of drug-likeness (QED) is 0.536. The minimum atomic E-state index is 0.219. The minimum Gasteiger partial charge on any atom is -0.493 e. The van der Waals surface area contributed by atoms with Gasteiger partial charge in [-0.1, -0.05) is 0 Å². The molecule has 3 aromatic rings. The second-order valence-corrected chi connectivity index (χ2v) is 7.09. The normalized spacial score (nSPS) is 12.4. The molecule has 0 saturated carbocycles. The Morgan fingerprint density at radius 1 is 1.07 bits per heavy atom. The van der Waals surface area contributed by atoms with Crippen molar-refractivity contribution in [2.75, 3.05) is 28.1 Å². The predicted molar refractivity (Wildman–Crippen MR) is 113 cm³/mol. The molecule has 0 atom stereocenters. The van der Waals surface area contributed by atoms with Gasteiger partial charge in [0.25, 0.3) is 0 Å². The van der Waals surface area contributed by atoms with E-state index in [1.807, 2.05) is 23.6 Å². The van der Waals surface area contributed by atoms with Crippen molar-refractivity contribution in [1.82, 2.24) is 4.98 Å². The topological polar surface area (TPSA) is 82.8 Å². The van der Waals surface area contributed by atoms with E-state index in [-0.39, 0.29) is 6.79 Å². The molecular formula is C22H18N2O5S. The minimum absolute atomic E-state index is 0.219. The monoisotopic (exact) mass is 422 g/mol. The van der Waals surface area contributed by atoms with Gasteiger partial charge in [-0.2, -0.15) is 5.26 Å². The lowest BCUT2D eigenvalue weighted by atomic mass is 10.1. The number of fused-ring (bicyclic) bond motifs is 1. The van der Waals surface area contributed by atoms with E-state index in [2.05, 4.69) is 11.1 Å². The van der Waals surface area contributed by atoms with Gasteiger partial charge >= 0.3 is 0 Å². The molecule has 1 aromatic heterocycles. The Kier molecular flexibility index (Phi) is 5.46. The average molecular weight is 422 g/mol. The fourth-order valence-corrected chi connectivity index (χ4v) is 3.87. The summed E-state index contributed by atoms with van der Waals surface area (Å²) in [5.74, 6) is 2.93. The molecule has 0 bridgehead atoms. The maximum atomic E-state index is 9.73. The van der Waals surface area contributed by atoms with Gasteiger partial charge < -0.3 is 23.7 Å². The number of thiazole rings is 1. The van der Waals surface area contributed by atoms with Gasteiger partial charge in [-0.05, 0) is 42.0 Å². The SMILES string of the molecule is COc1cc(/C=C(\C#N)c2nc(-c3ccc4c(c3)OCO4)cs2)cc(OC)c1OC. The molecule has 0 radical (unpaired) electrons. The zero-order valence-corrected chi connectivity index (χ0v) is 17.4. The summed E-state index contributed by atoms with van der Waals surface area (Å²) in [6.07, 6.45) is 1.74. The molecule has 2 aromatic carbocycles. The first-order chi connectivity index (χ1) is 14.7. The molecule has 0 fully saturated rings. The molecular weight excluding hydrogens is 404 g/mol. The van der Waals surface area contributed by atoms with Gasteiger partial charge in [-0.25, -0.2) is 4.98 Å². The summed E-state index contributed by atoms with van der Waals surface area (Å²) in [6, 6.07) is 11.5. The highest BCUT2D eigenvalue weighted by Gasteiger charge is 2.17. The third kappa shape index (κ3) is 3.63. The number of nitriles is 1. The fraction of sp³-hybridized carbons (Fsp3) is 0.182. The van der Waals surface area contributed by atoms with Crippen LogP contribution in [0.2, 0.25) is 0 Å². The average Bonchev–Trinajstić information content (AvgIpc) is 3.45. The number of ether oxygens (including phenoxy) is 5. The molecule has 1 aliphatic heterocycles. The van der Waals surface area contributed by atoms with Crippen molar-refractivity contribution in [3.63, 3.8) is 0 Å². The highest BCUT2D eigenvalue weighted by Crippen LogP contribution is 2.40. The van der Waals surface area contributed by atoms with Crippen LogP contribution in [0.3, 0.4) is 0 Å². The van der Waals surface area contributed by atoms with Gasteiger partial charge in [-0.3, -0.25) is 0 Å². The van der Waals surface area contributed by atoms with Crippen LogP contribution < -0.4 is 23.7 Å². The summed E-state index contributed by atoms with van der Waals surface area (Å²) in [4.78, 5) is 4.64. The molecule has 0 spiro atoms. The van der Waals surface area contributed by atoms with E-state index in [1.54, 1.807) is 39.5 Å². The highest BCUT2D eigenvalue weighted by atomic mass is 32.1. The fourth-order valence-electron chi connectivity index (χ4n) is 3.08. The number of hydrogen-bond acceptors (Lipinski definition) is 8. The smallest absolute Gasteiger partial charge is 0.231 e. The molecule has 8 heteroatoms. The number of methoxy groups -OCH3 is 3. The first-order valence-electron chi connectivity index (χ1n) is 8.94. The van der Waals surface area contributed by atoms with E-state index in [9.17, 15) is 5.26 Å². The Balaban J connectivity index is 1.69. The van der Waals surface area contributed by atoms with Crippen LogP contribution in [0.1, 0.15) is 10.6 Å². The molecule has 4 rings (SSSR count). The van der Waals surface area contributed by atoms with Gasteiger partial charge in [-0.15, -0.1) is 11.3 Å². The van der Waals surface area contributed by atoms with Crippen molar-refractivity contribution in [3.8, 4) is 46.1 Å². The number of aromatic nitrogens is 1. The van der Waals surface area contributed by atoms with Crippen LogP contribution in [0.15, 0.2) is 35.7 Å². The summed E-state index contributed by atoms with van der Waals surface area (Å²) in [6.45, 7) is 0.219. The Morgan fingerprint density at radius 2 is 1.80 bits per heavy atom. The van der Waals surface area contributed by atoms with Crippen molar-refractivity contribution in [2.45, 2.75) is 0 Å². The number of rotatable bonds is 6. The Morgan fingerprint density at radius 3 is 2.47 bits per heavy atom. The lowest BCUT2D eigenvalue weighted by Crippen LogP contribution is -1.95. The van der Waals surface area contributed by atoms with Crippen molar-refractivity contribution < 1.29 is 23.7 Å². The predicted octanol–water partition coefficient (Wildman–Crippen LogP) is 4.63. The summed E-state index contributed by atoms with van der Waals surface area (Å²) in [7, 11) is 4.65. The number of benzene rings is 2. The van der Waals surface area contributed by atoms with E-state index >= 15 is 0 Å². The van der Waals surface area contributed by atoms with E-state index < -0.39 is 0 Å². The van der Waals surface area contributed by atoms with E-state index in [0.717, 1.165) is 16.8 Å². The maximum absolute atomic E-state index is 9.73. The summed E-state index contributed by atoms with van der Waals surface area (Å²) in [5.41, 5.74) is 2.83. The number of nitrogens with zero attached hydrogens (tertiary/aromatic N) is 2. The zero-order valence-electron chi connectivity index (χ0n) is 16.6. The molecule has 0 N–H and O–H groups in total. The molecule has 0 aliphatic carbocycles. The van der Waals surface area contributed by atoms with Crippen LogP contribution in [0.5, 0.6) is 28.7 Å². The Labute approximate surface area is 177 Å².